The van der Waals surface area contributed by atoms with Crippen molar-refractivity contribution in [1.29, 1.82) is 0 Å². The highest BCUT2D eigenvalue weighted by atomic mass is 35.5. The van der Waals surface area contributed by atoms with Crippen LogP contribution in [0.2, 0.25) is 5.02 Å². The average molecular weight is 287 g/mol. The van der Waals surface area contributed by atoms with E-state index in [1.807, 2.05) is 0 Å². The average Bonchev–Trinajstić information content (AvgIpc) is 2.34. The molecule has 0 spiro atoms. The third-order valence-corrected chi connectivity index (χ3v) is 2.73. The molecule has 1 aromatic carbocycles. The van der Waals surface area contributed by atoms with Crippen LogP contribution in [-0.2, 0) is 4.79 Å². The van der Waals surface area contributed by atoms with Crippen molar-refractivity contribution in [2.45, 2.75) is 19.4 Å². The maximum atomic E-state index is 11.9. The fourth-order valence-corrected chi connectivity index (χ4v) is 1.70. The van der Waals surface area contributed by atoms with E-state index in [1.165, 1.54) is 18.2 Å². The minimum absolute atomic E-state index is 0.162. The summed E-state index contributed by atoms with van der Waals surface area (Å²) >= 11 is 5.66. The minimum Gasteiger partial charge on any atom is -0.480 e. The fraction of sp³-hybridized carbons (Fsp3) is 0.273. The van der Waals surface area contributed by atoms with E-state index in [9.17, 15) is 19.7 Å². The lowest BCUT2D eigenvalue weighted by atomic mass is 10.1. The molecule has 19 heavy (non-hydrogen) atoms. The van der Waals surface area contributed by atoms with Gasteiger partial charge in [-0.2, -0.15) is 0 Å². The summed E-state index contributed by atoms with van der Waals surface area (Å²) in [4.78, 5) is 32.7. The van der Waals surface area contributed by atoms with E-state index in [1.54, 1.807) is 6.92 Å². The molecule has 0 aromatic heterocycles. The maximum Gasteiger partial charge on any atom is 0.326 e. The summed E-state index contributed by atoms with van der Waals surface area (Å²) in [6.07, 6.45) is 0.162. The van der Waals surface area contributed by atoms with E-state index in [-0.39, 0.29) is 17.0 Å². The fourth-order valence-electron chi connectivity index (χ4n) is 1.46. The van der Waals surface area contributed by atoms with Crippen LogP contribution in [0.5, 0.6) is 0 Å². The second kappa shape index (κ2) is 6.14. The summed E-state index contributed by atoms with van der Waals surface area (Å²) in [5.74, 6) is -2.05. The molecule has 0 bridgehead atoms. The van der Waals surface area contributed by atoms with Gasteiger partial charge in [-0.25, -0.2) is 4.79 Å². The van der Waals surface area contributed by atoms with Gasteiger partial charge in [0.2, 0.25) is 0 Å². The Bertz CT molecular complexity index is 532. The Morgan fingerprint density at radius 1 is 1.53 bits per heavy atom. The Kier molecular flexibility index (Phi) is 4.82. The number of carbonyl (C=O) groups is 2. The first-order valence-corrected chi connectivity index (χ1v) is 5.72. The lowest BCUT2D eigenvalue weighted by molar-refractivity contribution is -0.385. The first-order valence-electron chi connectivity index (χ1n) is 5.35. The quantitative estimate of drug-likeness (QED) is 0.634. The van der Waals surface area contributed by atoms with Gasteiger partial charge in [0.15, 0.2) is 0 Å². The van der Waals surface area contributed by atoms with E-state index >= 15 is 0 Å². The minimum atomic E-state index is -1.21. The van der Waals surface area contributed by atoms with Crippen LogP contribution in [0.1, 0.15) is 23.7 Å². The molecule has 102 valence electrons. The molecule has 0 aliphatic carbocycles. The molecular weight excluding hydrogens is 276 g/mol. The molecule has 0 heterocycles. The standard InChI is InChI=1S/C11H11ClN2O5/c1-2-8(11(16)17)13-10(15)6-4-3-5-7(12)9(6)14(18)19/h3-5,8H,2H2,1H3,(H,13,15)(H,16,17)/t8-/m0/s1. The van der Waals surface area contributed by atoms with Gasteiger partial charge in [0.25, 0.3) is 5.91 Å². The molecule has 1 amide bonds. The molecule has 0 fully saturated rings. The highest BCUT2D eigenvalue weighted by molar-refractivity contribution is 6.33. The van der Waals surface area contributed by atoms with Crippen molar-refractivity contribution in [3.63, 3.8) is 0 Å². The number of hydrogen-bond acceptors (Lipinski definition) is 4. The molecule has 0 saturated carbocycles. The predicted molar refractivity (Wildman–Crippen MR) is 67.3 cm³/mol. The SMILES string of the molecule is CC[C@H](NC(=O)c1cccc(Cl)c1[N+](=O)[O-])C(=O)O. The normalized spacial score (nSPS) is 11.7. The van der Waals surface area contributed by atoms with Gasteiger partial charge in [0.1, 0.15) is 16.6 Å². The van der Waals surface area contributed by atoms with Crippen molar-refractivity contribution >= 4 is 29.2 Å². The van der Waals surface area contributed by atoms with Crippen LogP contribution < -0.4 is 5.32 Å². The zero-order valence-corrected chi connectivity index (χ0v) is 10.7. The third-order valence-electron chi connectivity index (χ3n) is 2.43. The van der Waals surface area contributed by atoms with Crippen LogP contribution in [-0.4, -0.2) is 27.9 Å². The number of carbonyl (C=O) groups excluding carboxylic acids is 1. The van der Waals surface area contributed by atoms with E-state index in [0.29, 0.717) is 0 Å². The molecule has 0 saturated heterocycles. The topological polar surface area (TPSA) is 110 Å². The van der Waals surface area contributed by atoms with Crippen LogP contribution in [0.3, 0.4) is 0 Å². The molecule has 1 rings (SSSR count). The Hall–Kier alpha value is -2.15. The Morgan fingerprint density at radius 2 is 2.16 bits per heavy atom. The van der Waals surface area contributed by atoms with Gasteiger partial charge in [-0.15, -0.1) is 0 Å². The van der Waals surface area contributed by atoms with Crippen LogP contribution in [0, 0.1) is 10.1 Å². The third kappa shape index (κ3) is 3.41. The van der Waals surface area contributed by atoms with Gasteiger partial charge < -0.3 is 10.4 Å². The zero-order valence-electron chi connectivity index (χ0n) is 9.92. The summed E-state index contributed by atoms with van der Waals surface area (Å²) in [6, 6.07) is 2.77. The monoisotopic (exact) mass is 286 g/mol. The number of benzene rings is 1. The van der Waals surface area contributed by atoms with Gasteiger partial charge in [-0.3, -0.25) is 14.9 Å². The number of halogens is 1. The van der Waals surface area contributed by atoms with Crippen molar-refractivity contribution < 1.29 is 19.6 Å². The Balaban J connectivity index is 3.10. The number of hydrogen-bond donors (Lipinski definition) is 2. The molecule has 1 aromatic rings. The molecule has 0 aliphatic rings. The van der Waals surface area contributed by atoms with Crippen molar-refractivity contribution in [3.05, 3.63) is 38.9 Å². The summed E-state index contributed by atoms with van der Waals surface area (Å²) in [5.41, 5.74) is -0.806. The van der Waals surface area contributed by atoms with Gasteiger partial charge >= 0.3 is 11.7 Å². The number of rotatable bonds is 5. The lowest BCUT2D eigenvalue weighted by Crippen LogP contribution is -2.40. The van der Waals surface area contributed by atoms with Crippen LogP contribution in [0.15, 0.2) is 18.2 Å². The van der Waals surface area contributed by atoms with Crippen molar-refractivity contribution in [2.24, 2.45) is 0 Å². The first-order chi connectivity index (χ1) is 8.88. The molecule has 0 aliphatic heterocycles. The van der Waals surface area contributed by atoms with Crippen LogP contribution in [0.25, 0.3) is 0 Å². The molecule has 2 N–H and O–H groups in total. The predicted octanol–water partition coefficient (Wildman–Crippen LogP) is 1.84. The second-order valence-electron chi connectivity index (χ2n) is 3.67. The zero-order chi connectivity index (χ0) is 14.6. The van der Waals surface area contributed by atoms with Gasteiger partial charge in [0.05, 0.1) is 4.92 Å². The molecular formula is C11H11ClN2O5. The molecule has 0 unspecified atom stereocenters. The maximum absolute atomic E-state index is 11.9. The molecule has 1 atom stereocenters. The van der Waals surface area contributed by atoms with Crippen LogP contribution >= 0.6 is 11.6 Å². The van der Waals surface area contributed by atoms with Crippen molar-refractivity contribution in [2.75, 3.05) is 0 Å². The lowest BCUT2D eigenvalue weighted by Gasteiger charge is -2.12. The number of nitrogens with zero attached hydrogens (tertiary/aromatic N) is 1. The number of nitrogens with one attached hydrogen (secondary N) is 1. The number of amides is 1. The highest BCUT2D eigenvalue weighted by Gasteiger charge is 2.26. The van der Waals surface area contributed by atoms with E-state index in [2.05, 4.69) is 5.32 Å². The number of nitro groups is 1. The first kappa shape index (κ1) is 14.9. The number of para-hydroxylation sites is 1. The largest absolute Gasteiger partial charge is 0.480 e. The van der Waals surface area contributed by atoms with Gasteiger partial charge in [0, 0.05) is 0 Å². The summed E-state index contributed by atoms with van der Waals surface area (Å²) < 4.78 is 0. The molecule has 8 heteroatoms. The summed E-state index contributed by atoms with van der Waals surface area (Å²) in [6.45, 7) is 1.57. The highest BCUT2D eigenvalue weighted by Crippen LogP contribution is 2.28. The van der Waals surface area contributed by atoms with Gasteiger partial charge in [-0.1, -0.05) is 24.6 Å². The Labute approximate surface area is 113 Å². The number of carboxylic acid groups (broad SMARTS) is 1. The van der Waals surface area contributed by atoms with Gasteiger partial charge in [-0.05, 0) is 18.6 Å². The van der Waals surface area contributed by atoms with Crippen molar-refractivity contribution in [1.82, 2.24) is 5.32 Å². The smallest absolute Gasteiger partial charge is 0.326 e. The number of aliphatic carboxylic acids is 1. The van der Waals surface area contributed by atoms with E-state index in [0.717, 1.165) is 0 Å². The Morgan fingerprint density at radius 3 is 2.63 bits per heavy atom. The van der Waals surface area contributed by atoms with E-state index in [4.69, 9.17) is 16.7 Å². The van der Waals surface area contributed by atoms with Crippen LogP contribution in [0.4, 0.5) is 5.69 Å². The number of carboxylic acids is 1. The summed E-state index contributed by atoms with van der Waals surface area (Å²) in [5, 5.41) is 21.7. The van der Waals surface area contributed by atoms with Crippen molar-refractivity contribution in [3.8, 4) is 0 Å². The summed E-state index contributed by atoms with van der Waals surface area (Å²) in [7, 11) is 0. The second-order valence-corrected chi connectivity index (χ2v) is 4.07. The molecule has 7 nitrogen and oxygen atoms in total. The number of nitro benzene ring substituents is 1. The molecule has 0 radical (unpaired) electrons. The van der Waals surface area contributed by atoms with E-state index < -0.39 is 28.5 Å².